The highest BCUT2D eigenvalue weighted by Crippen LogP contribution is 2.34. The van der Waals surface area contributed by atoms with E-state index < -0.39 is 5.97 Å². The van der Waals surface area contributed by atoms with E-state index in [2.05, 4.69) is 9.97 Å². The molecule has 0 fully saturated rings. The van der Waals surface area contributed by atoms with Crippen molar-refractivity contribution in [2.45, 2.75) is 13.2 Å². The third-order valence-corrected chi connectivity index (χ3v) is 7.45. The van der Waals surface area contributed by atoms with Gasteiger partial charge in [0, 0.05) is 50.9 Å². The summed E-state index contributed by atoms with van der Waals surface area (Å²) in [5.41, 5.74) is 7.47. The Morgan fingerprint density at radius 2 is 1.17 bits per heavy atom. The SMILES string of the molecule is O=C(O)c1c[nH]c2cc(Cl)c(-c3ccc(CO)cc3)cc12.O=Cc1c[nH]c2cc(Cl)c(-c3ccc(CO)cc3)cc12. The summed E-state index contributed by atoms with van der Waals surface area (Å²) in [6.07, 6.45) is 3.96. The minimum atomic E-state index is -0.981. The number of H-pyrrole nitrogens is 2. The summed E-state index contributed by atoms with van der Waals surface area (Å²) < 4.78 is 0. The third-order valence-electron chi connectivity index (χ3n) is 6.82. The van der Waals surface area contributed by atoms with Gasteiger partial charge in [-0.15, -0.1) is 0 Å². The maximum absolute atomic E-state index is 11.2. The lowest BCUT2D eigenvalue weighted by Gasteiger charge is -2.07. The predicted octanol–water partition coefficient (Wildman–Crippen LogP) is 7.47. The van der Waals surface area contributed by atoms with Crippen molar-refractivity contribution in [3.8, 4) is 22.3 Å². The van der Waals surface area contributed by atoms with E-state index >= 15 is 0 Å². The van der Waals surface area contributed by atoms with Gasteiger partial charge in [-0.25, -0.2) is 4.79 Å². The zero-order chi connectivity index (χ0) is 29.1. The number of aromatic amines is 2. The Morgan fingerprint density at radius 3 is 1.63 bits per heavy atom. The maximum Gasteiger partial charge on any atom is 0.337 e. The lowest BCUT2D eigenvalue weighted by Crippen LogP contribution is -1.93. The van der Waals surface area contributed by atoms with Crippen LogP contribution in [0.5, 0.6) is 0 Å². The van der Waals surface area contributed by atoms with Crippen molar-refractivity contribution >= 4 is 57.3 Å². The molecular weight excluding hydrogens is 563 g/mol. The summed E-state index contributed by atoms with van der Waals surface area (Å²) in [6, 6.07) is 22.1. The number of aldehydes is 1. The molecule has 9 heteroatoms. The van der Waals surface area contributed by atoms with E-state index in [1.807, 2.05) is 60.7 Å². The first-order chi connectivity index (χ1) is 19.8. The minimum Gasteiger partial charge on any atom is -0.478 e. The molecule has 6 rings (SSSR count). The van der Waals surface area contributed by atoms with E-state index in [1.54, 1.807) is 18.3 Å². The van der Waals surface area contributed by atoms with E-state index in [4.69, 9.17) is 33.4 Å². The van der Waals surface area contributed by atoms with Crippen molar-refractivity contribution in [1.29, 1.82) is 0 Å². The topological polar surface area (TPSA) is 126 Å². The first-order valence-corrected chi connectivity index (χ1v) is 13.3. The second kappa shape index (κ2) is 12.0. The van der Waals surface area contributed by atoms with Gasteiger partial charge < -0.3 is 25.3 Å². The van der Waals surface area contributed by atoms with Gasteiger partial charge in [-0.3, -0.25) is 4.79 Å². The molecule has 41 heavy (non-hydrogen) atoms. The molecule has 6 aromatic rings. The molecule has 206 valence electrons. The highest BCUT2D eigenvalue weighted by molar-refractivity contribution is 6.34. The Morgan fingerprint density at radius 1 is 0.707 bits per heavy atom. The fourth-order valence-corrected chi connectivity index (χ4v) is 5.15. The molecule has 0 spiro atoms. The summed E-state index contributed by atoms with van der Waals surface area (Å²) in [4.78, 5) is 28.2. The van der Waals surface area contributed by atoms with Crippen LogP contribution in [0.15, 0.2) is 85.2 Å². The van der Waals surface area contributed by atoms with Gasteiger partial charge in [0.15, 0.2) is 6.29 Å². The number of carboxylic acid groups (broad SMARTS) is 1. The van der Waals surface area contributed by atoms with E-state index in [0.29, 0.717) is 26.5 Å². The summed E-state index contributed by atoms with van der Waals surface area (Å²) >= 11 is 12.6. The second-order valence-electron chi connectivity index (χ2n) is 9.33. The fourth-order valence-electron chi connectivity index (χ4n) is 4.60. The van der Waals surface area contributed by atoms with Crippen LogP contribution in [0.2, 0.25) is 10.0 Å². The molecule has 0 amide bonds. The predicted molar refractivity (Wildman–Crippen MR) is 162 cm³/mol. The van der Waals surface area contributed by atoms with Crippen LogP contribution in [-0.4, -0.2) is 37.5 Å². The first kappa shape index (κ1) is 28.1. The second-order valence-corrected chi connectivity index (χ2v) is 10.1. The summed E-state index contributed by atoms with van der Waals surface area (Å²) in [6.45, 7) is -0.00579. The number of aliphatic hydroxyl groups is 2. The first-order valence-electron chi connectivity index (χ1n) is 12.5. The Hall–Kier alpha value is -4.40. The number of aromatic carboxylic acids is 1. The average molecular weight is 587 g/mol. The zero-order valence-corrected chi connectivity index (χ0v) is 23.0. The van der Waals surface area contributed by atoms with Crippen LogP contribution < -0.4 is 0 Å². The van der Waals surface area contributed by atoms with E-state index in [0.717, 1.165) is 50.6 Å². The highest BCUT2D eigenvalue weighted by atomic mass is 35.5. The van der Waals surface area contributed by atoms with Crippen LogP contribution >= 0.6 is 23.2 Å². The Balaban J connectivity index is 0.000000165. The van der Waals surface area contributed by atoms with Crippen molar-refractivity contribution in [3.63, 3.8) is 0 Å². The molecule has 0 unspecified atom stereocenters. The molecule has 4 aromatic carbocycles. The molecule has 7 nitrogen and oxygen atoms in total. The Labute approximate surface area is 244 Å². The van der Waals surface area contributed by atoms with E-state index in [-0.39, 0.29) is 18.8 Å². The number of nitrogens with one attached hydrogen (secondary N) is 2. The largest absolute Gasteiger partial charge is 0.478 e. The number of fused-ring (bicyclic) bond motifs is 2. The van der Waals surface area contributed by atoms with Gasteiger partial charge >= 0.3 is 5.97 Å². The number of carboxylic acids is 1. The number of halogens is 2. The monoisotopic (exact) mass is 586 g/mol. The van der Waals surface area contributed by atoms with Gasteiger partial charge in [-0.05, 0) is 46.5 Å². The van der Waals surface area contributed by atoms with Gasteiger partial charge in [0.05, 0.1) is 28.8 Å². The van der Waals surface area contributed by atoms with Gasteiger partial charge in [0.1, 0.15) is 0 Å². The van der Waals surface area contributed by atoms with E-state index in [9.17, 15) is 14.7 Å². The van der Waals surface area contributed by atoms with Crippen molar-refractivity contribution in [2.24, 2.45) is 0 Å². The quantitative estimate of drug-likeness (QED) is 0.129. The molecule has 2 aromatic heterocycles. The number of hydrogen-bond acceptors (Lipinski definition) is 4. The Kier molecular flexibility index (Phi) is 8.23. The van der Waals surface area contributed by atoms with Crippen molar-refractivity contribution < 1.29 is 24.9 Å². The van der Waals surface area contributed by atoms with Gasteiger partial charge in [-0.1, -0.05) is 71.7 Å². The van der Waals surface area contributed by atoms with Gasteiger partial charge in [0.25, 0.3) is 0 Å². The van der Waals surface area contributed by atoms with Crippen LogP contribution in [0.3, 0.4) is 0 Å². The highest BCUT2D eigenvalue weighted by Gasteiger charge is 2.14. The van der Waals surface area contributed by atoms with Crippen LogP contribution in [-0.2, 0) is 13.2 Å². The maximum atomic E-state index is 11.2. The summed E-state index contributed by atoms with van der Waals surface area (Å²) in [7, 11) is 0. The molecule has 0 aliphatic carbocycles. The fraction of sp³-hybridized carbons (Fsp3) is 0.0625. The van der Waals surface area contributed by atoms with Crippen LogP contribution in [0, 0.1) is 0 Å². The number of rotatable bonds is 6. The number of hydrogen-bond donors (Lipinski definition) is 5. The summed E-state index contributed by atoms with van der Waals surface area (Å²) in [5.74, 6) is -0.981. The molecule has 0 aliphatic heterocycles. The van der Waals surface area contributed by atoms with E-state index in [1.165, 1.54) is 6.20 Å². The number of benzene rings is 4. The molecule has 0 bridgehead atoms. The molecule has 0 radical (unpaired) electrons. The minimum absolute atomic E-state index is 0.0140. The molecule has 5 N–H and O–H groups in total. The molecular formula is C32H24Cl2N2O5. The lowest BCUT2D eigenvalue weighted by atomic mass is 10.0. The molecule has 2 heterocycles. The lowest BCUT2D eigenvalue weighted by molar-refractivity contribution is 0.0699. The molecule has 0 saturated carbocycles. The third kappa shape index (κ3) is 5.75. The van der Waals surface area contributed by atoms with Crippen molar-refractivity contribution in [2.75, 3.05) is 0 Å². The smallest absolute Gasteiger partial charge is 0.337 e. The van der Waals surface area contributed by atoms with Crippen molar-refractivity contribution in [3.05, 3.63) is 117 Å². The Bertz CT molecular complexity index is 1870. The van der Waals surface area contributed by atoms with Crippen LogP contribution in [0.25, 0.3) is 44.1 Å². The van der Waals surface area contributed by atoms with Crippen molar-refractivity contribution in [1.82, 2.24) is 9.97 Å². The molecule has 0 aliphatic rings. The van der Waals surface area contributed by atoms with Gasteiger partial charge in [0.2, 0.25) is 0 Å². The van der Waals surface area contributed by atoms with Gasteiger partial charge in [-0.2, -0.15) is 0 Å². The van der Waals surface area contributed by atoms with Crippen LogP contribution in [0.1, 0.15) is 31.8 Å². The number of aromatic nitrogens is 2. The number of carbonyl (C=O) groups is 2. The summed E-state index contributed by atoms with van der Waals surface area (Å²) in [5, 5.41) is 30.0. The molecule has 0 saturated heterocycles. The number of aliphatic hydroxyl groups excluding tert-OH is 2. The average Bonchev–Trinajstić information content (AvgIpc) is 3.60. The standard InChI is InChI=1S/C16H12ClNO3.C16H12ClNO2/c17-14-6-15-12(13(7-18-15)16(20)21)5-11(14)10-3-1-9(8-19)2-4-10;17-15-6-16-14(12(9-20)7-18-16)5-13(15)11-3-1-10(8-19)2-4-11/h1-7,18-19H,8H2,(H,20,21);1-7,9,18-19H,8H2. The molecule has 0 atom stereocenters. The number of carbonyl (C=O) groups excluding carboxylic acids is 1. The normalized spacial score (nSPS) is 10.9. The van der Waals surface area contributed by atoms with Crippen LogP contribution in [0.4, 0.5) is 0 Å². The zero-order valence-electron chi connectivity index (χ0n) is 21.5.